The van der Waals surface area contributed by atoms with Gasteiger partial charge in [-0.15, -0.1) is 0 Å². The predicted molar refractivity (Wildman–Crippen MR) is 66.0 cm³/mol. The van der Waals surface area contributed by atoms with E-state index >= 15 is 0 Å². The molecule has 0 spiro atoms. The summed E-state index contributed by atoms with van der Waals surface area (Å²) in [5, 5.41) is 21.3. The van der Waals surface area contributed by atoms with E-state index in [2.05, 4.69) is 5.32 Å². The topological polar surface area (TPSA) is 52.5 Å². The average Bonchev–Trinajstić information content (AvgIpc) is 2.57. The van der Waals surface area contributed by atoms with Crippen LogP contribution in [-0.4, -0.2) is 17.2 Å². The normalized spacial score (nSPS) is 17.8. The lowest BCUT2D eigenvalue weighted by Crippen LogP contribution is -2.31. The lowest BCUT2D eigenvalue weighted by atomic mass is 9.79. The molecule has 3 nitrogen and oxygen atoms in total. The summed E-state index contributed by atoms with van der Waals surface area (Å²) < 4.78 is 69.3. The van der Waals surface area contributed by atoms with Gasteiger partial charge in [-0.3, -0.25) is 0 Å². The van der Waals surface area contributed by atoms with Crippen molar-refractivity contribution in [2.24, 2.45) is 0 Å². The van der Waals surface area contributed by atoms with Crippen LogP contribution in [0.2, 0.25) is 0 Å². The van der Waals surface area contributed by atoms with Crippen LogP contribution in [0.15, 0.2) is 54.4 Å². The van der Waals surface area contributed by atoms with Crippen molar-refractivity contribution in [2.45, 2.75) is 0 Å². The molecule has 0 atom stereocenters. The third kappa shape index (κ3) is 2.42. The highest BCUT2D eigenvalue weighted by Gasteiger charge is 2.14. The van der Waals surface area contributed by atoms with Crippen molar-refractivity contribution in [3.05, 3.63) is 54.4 Å². The third-order valence-electron chi connectivity index (χ3n) is 1.72. The van der Waals surface area contributed by atoms with Crippen LogP contribution >= 0.6 is 0 Å². The molecule has 0 aliphatic rings. The van der Waals surface area contributed by atoms with Gasteiger partial charge in [0.1, 0.15) is 0 Å². The summed E-state index contributed by atoms with van der Waals surface area (Å²) in [6.45, 7) is 0. The Morgan fingerprint density at radius 3 is 2.25 bits per heavy atom. The van der Waals surface area contributed by atoms with Gasteiger partial charge in [-0.05, 0) is 18.1 Å². The van der Waals surface area contributed by atoms with E-state index in [1.165, 1.54) is 0 Å². The molecular weight excluding hydrogens is 201 g/mol. The standard InChI is InChI=1S/C12H12BNO2/c15-13(16)11-8-4-5-9-12(11)14-10-6-2-1-3-7-10/h1-9,14-16H/i1D,2D,3D,4D,5D,6D,7D,8D,9D. The van der Waals surface area contributed by atoms with Crippen LogP contribution in [0, 0.1) is 0 Å². The molecule has 16 heavy (non-hydrogen) atoms. The molecular formula is C12H12BNO2. The van der Waals surface area contributed by atoms with Crippen LogP contribution in [0.25, 0.3) is 0 Å². The molecule has 4 heteroatoms. The number of hydrogen-bond donors (Lipinski definition) is 3. The number of benzene rings is 2. The Balaban J connectivity index is 2.79. The van der Waals surface area contributed by atoms with Gasteiger partial charge < -0.3 is 15.4 Å². The quantitative estimate of drug-likeness (QED) is 0.682. The molecule has 0 unspecified atom stereocenters. The van der Waals surface area contributed by atoms with Crippen molar-refractivity contribution in [2.75, 3.05) is 5.32 Å². The summed E-state index contributed by atoms with van der Waals surface area (Å²) >= 11 is 0. The van der Waals surface area contributed by atoms with Crippen LogP contribution in [0.3, 0.4) is 0 Å². The summed E-state index contributed by atoms with van der Waals surface area (Å²) in [5.41, 5.74) is -1.53. The predicted octanol–water partition coefficient (Wildman–Crippen LogP) is 1.11. The lowest BCUT2D eigenvalue weighted by Gasteiger charge is -2.11. The smallest absolute Gasteiger partial charge is 0.423 e. The molecule has 0 fully saturated rings. The van der Waals surface area contributed by atoms with Crippen molar-refractivity contribution in [1.29, 1.82) is 0 Å². The van der Waals surface area contributed by atoms with E-state index in [9.17, 15) is 10.0 Å². The van der Waals surface area contributed by atoms with Crippen molar-refractivity contribution in [1.82, 2.24) is 0 Å². The molecule has 2 aromatic carbocycles. The molecule has 0 saturated heterocycles. The molecule has 80 valence electrons. The zero-order valence-corrected chi connectivity index (χ0v) is 7.97. The SMILES string of the molecule is [2H]c1c([2H])c([2H])c(Nc2c([2H])c([2H])c([2H])c([2H])c2B(O)O)c([2H])c1[2H]. The second kappa shape index (κ2) is 4.83. The van der Waals surface area contributed by atoms with Crippen molar-refractivity contribution in [3.8, 4) is 0 Å². The Morgan fingerprint density at radius 2 is 1.56 bits per heavy atom. The third-order valence-corrected chi connectivity index (χ3v) is 1.72. The Kier molecular flexibility index (Phi) is 1.28. The second-order valence-electron chi connectivity index (χ2n) is 2.79. The maximum Gasteiger partial charge on any atom is 0.490 e. The molecule has 0 bridgehead atoms. The zero-order chi connectivity index (χ0) is 19.2. The van der Waals surface area contributed by atoms with E-state index in [1.807, 2.05) is 0 Å². The number of anilines is 2. The first kappa shape index (κ1) is 4.24. The van der Waals surface area contributed by atoms with Crippen LogP contribution in [0.1, 0.15) is 12.3 Å². The van der Waals surface area contributed by atoms with Crippen molar-refractivity contribution >= 4 is 24.0 Å². The summed E-state index contributed by atoms with van der Waals surface area (Å²) in [4.78, 5) is 0. The minimum atomic E-state index is -2.27. The van der Waals surface area contributed by atoms with Gasteiger partial charge in [0.15, 0.2) is 0 Å². The van der Waals surface area contributed by atoms with Gasteiger partial charge in [0.25, 0.3) is 0 Å². The van der Waals surface area contributed by atoms with E-state index < -0.39 is 78.3 Å². The Morgan fingerprint density at radius 1 is 0.938 bits per heavy atom. The highest BCUT2D eigenvalue weighted by atomic mass is 16.4. The van der Waals surface area contributed by atoms with Gasteiger partial charge >= 0.3 is 7.12 Å². The minimum Gasteiger partial charge on any atom is -0.423 e. The van der Waals surface area contributed by atoms with Gasteiger partial charge in [0.05, 0.1) is 12.3 Å². The highest BCUT2D eigenvalue weighted by Crippen LogP contribution is 2.13. The van der Waals surface area contributed by atoms with Crippen molar-refractivity contribution < 1.29 is 22.4 Å². The van der Waals surface area contributed by atoms with Crippen LogP contribution in [-0.2, 0) is 0 Å². The molecule has 0 heterocycles. The summed E-state index contributed by atoms with van der Waals surface area (Å²) in [6, 6.07) is -5.93. The Labute approximate surface area is 107 Å². The van der Waals surface area contributed by atoms with E-state index in [4.69, 9.17) is 12.3 Å². The highest BCUT2D eigenvalue weighted by molar-refractivity contribution is 6.60. The molecule has 0 aliphatic heterocycles. The lowest BCUT2D eigenvalue weighted by molar-refractivity contribution is 0.426. The fourth-order valence-corrected chi connectivity index (χ4v) is 1.05. The number of nitrogens with one attached hydrogen (secondary N) is 1. The molecule has 0 amide bonds. The summed E-state index contributed by atoms with van der Waals surface area (Å²) in [5.74, 6) is 0. The van der Waals surface area contributed by atoms with Gasteiger partial charge in [-0.1, -0.05) is 36.3 Å². The first-order valence-corrected chi connectivity index (χ1v) is 4.31. The number of para-hydroxylation sites is 2. The molecule has 3 N–H and O–H groups in total. The van der Waals surface area contributed by atoms with Crippen LogP contribution < -0.4 is 10.8 Å². The number of hydrogen-bond acceptors (Lipinski definition) is 3. The summed E-state index contributed by atoms with van der Waals surface area (Å²) in [6.07, 6.45) is 0. The first-order valence-electron chi connectivity index (χ1n) is 8.81. The Hall–Kier alpha value is -1.78. The zero-order valence-electron chi connectivity index (χ0n) is 17.0. The first-order chi connectivity index (χ1) is 11.5. The van der Waals surface area contributed by atoms with Gasteiger partial charge in [-0.2, -0.15) is 0 Å². The fraction of sp³-hybridized carbons (Fsp3) is 0. The Bertz CT molecular complexity index is 846. The molecule has 0 aliphatic carbocycles. The monoisotopic (exact) mass is 222 g/mol. The molecule has 0 aromatic heterocycles. The molecule has 0 radical (unpaired) electrons. The van der Waals surface area contributed by atoms with E-state index in [-0.39, 0.29) is 0 Å². The van der Waals surface area contributed by atoms with Crippen LogP contribution in [0.5, 0.6) is 0 Å². The van der Waals surface area contributed by atoms with E-state index in [0.717, 1.165) is 0 Å². The van der Waals surface area contributed by atoms with Gasteiger partial charge in [0, 0.05) is 16.8 Å². The van der Waals surface area contributed by atoms with Gasteiger partial charge in [0.2, 0.25) is 0 Å². The van der Waals surface area contributed by atoms with Crippen LogP contribution in [0.4, 0.5) is 11.4 Å². The summed E-state index contributed by atoms with van der Waals surface area (Å²) in [7, 11) is -2.27. The van der Waals surface area contributed by atoms with Crippen molar-refractivity contribution in [3.63, 3.8) is 0 Å². The molecule has 0 saturated carbocycles. The van der Waals surface area contributed by atoms with Gasteiger partial charge in [-0.25, -0.2) is 0 Å². The fourth-order valence-electron chi connectivity index (χ4n) is 1.05. The van der Waals surface area contributed by atoms with E-state index in [1.54, 1.807) is 0 Å². The number of rotatable bonds is 3. The minimum absolute atomic E-state index is 0.446. The maximum atomic E-state index is 9.46. The molecule has 2 rings (SSSR count). The maximum absolute atomic E-state index is 9.46. The average molecular weight is 222 g/mol. The molecule has 2 aromatic rings. The second-order valence-corrected chi connectivity index (χ2v) is 2.79. The largest absolute Gasteiger partial charge is 0.490 e. The van der Waals surface area contributed by atoms with E-state index in [0.29, 0.717) is 0 Å².